The maximum Gasteiger partial charge on any atom is 0.285 e. The van der Waals surface area contributed by atoms with Crippen LogP contribution in [0.3, 0.4) is 0 Å². The van der Waals surface area contributed by atoms with Gasteiger partial charge in [0.1, 0.15) is 5.82 Å². The molecule has 1 heterocycles. The van der Waals surface area contributed by atoms with E-state index in [4.69, 9.17) is 15.9 Å². The number of ether oxygens (including phenoxy) is 2. The van der Waals surface area contributed by atoms with Crippen molar-refractivity contribution in [2.24, 2.45) is 4.40 Å². The third-order valence-electron chi connectivity index (χ3n) is 3.75. The summed E-state index contributed by atoms with van der Waals surface area (Å²) < 4.78 is 55.1. The largest absolute Gasteiger partial charge is 0.493 e. The van der Waals surface area contributed by atoms with Crippen molar-refractivity contribution in [3.05, 3.63) is 47.0 Å². The zero-order valence-corrected chi connectivity index (χ0v) is 16.1. The number of thiazole rings is 1. The molecule has 140 valence electrons. The first-order chi connectivity index (χ1) is 12.9. The molecule has 0 radical (unpaired) electrons. The smallest absolute Gasteiger partial charge is 0.285 e. The average molecular weight is 406 g/mol. The number of terminal acetylenes is 1. The van der Waals surface area contributed by atoms with E-state index >= 15 is 0 Å². The number of nitrogens with zero attached hydrogens (tertiary/aromatic N) is 2. The van der Waals surface area contributed by atoms with Crippen molar-refractivity contribution < 1.29 is 22.3 Å². The van der Waals surface area contributed by atoms with Gasteiger partial charge in [-0.2, -0.15) is 8.42 Å². The standard InChI is InChI=1S/C18H15FN2O4S2/c1-4-9-21-14-10-15(24-2)16(25-3)11-17(14)26-18(21)20-27(22,23)13-7-5-12(19)6-8-13/h1,5-8,10-11H,9H2,2-3H3/b20-18-. The molecule has 0 fully saturated rings. The minimum Gasteiger partial charge on any atom is -0.493 e. The Morgan fingerprint density at radius 2 is 1.81 bits per heavy atom. The summed E-state index contributed by atoms with van der Waals surface area (Å²) >= 11 is 1.15. The highest BCUT2D eigenvalue weighted by molar-refractivity contribution is 7.90. The number of benzene rings is 2. The van der Waals surface area contributed by atoms with Crippen LogP contribution in [0.2, 0.25) is 0 Å². The van der Waals surface area contributed by atoms with E-state index in [0.717, 1.165) is 28.2 Å². The molecule has 0 saturated carbocycles. The van der Waals surface area contributed by atoms with Crippen LogP contribution in [0.5, 0.6) is 11.5 Å². The molecule has 2 aromatic carbocycles. The minimum atomic E-state index is -4.03. The summed E-state index contributed by atoms with van der Waals surface area (Å²) in [6, 6.07) is 7.91. The number of aromatic nitrogens is 1. The zero-order chi connectivity index (χ0) is 19.6. The normalized spacial score (nSPS) is 12.1. The zero-order valence-electron chi connectivity index (χ0n) is 14.5. The summed E-state index contributed by atoms with van der Waals surface area (Å²) in [6.07, 6.45) is 5.44. The van der Waals surface area contributed by atoms with E-state index in [1.165, 1.54) is 26.4 Å². The van der Waals surface area contributed by atoms with Crippen LogP contribution in [-0.2, 0) is 16.6 Å². The molecule has 0 aliphatic rings. The quantitative estimate of drug-likeness (QED) is 0.611. The van der Waals surface area contributed by atoms with Crippen LogP contribution in [0.15, 0.2) is 45.7 Å². The third-order valence-corrected chi connectivity index (χ3v) is 6.19. The second kappa shape index (κ2) is 7.42. The van der Waals surface area contributed by atoms with E-state index in [9.17, 15) is 12.8 Å². The van der Waals surface area contributed by atoms with Gasteiger partial charge in [0.15, 0.2) is 11.5 Å². The van der Waals surface area contributed by atoms with Gasteiger partial charge in [-0.3, -0.25) is 0 Å². The topological polar surface area (TPSA) is 69.9 Å². The Bertz CT molecular complexity index is 1200. The summed E-state index contributed by atoms with van der Waals surface area (Å²) in [5.41, 5.74) is 0.670. The molecule has 1 aromatic heterocycles. The number of hydrogen-bond donors (Lipinski definition) is 0. The molecule has 27 heavy (non-hydrogen) atoms. The maximum absolute atomic E-state index is 13.1. The molecule has 0 amide bonds. The van der Waals surface area contributed by atoms with Gasteiger partial charge in [-0.15, -0.1) is 10.8 Å². The first-order valence-corrected chi connectivity index (χ1v) is 9.90. The molecule has 0 aliphatic carbocycles. The number of hydrogen-bond acceptors (Lipinski definition) is 5. The molecular formula is C18H15FN2O4S2. The van der Waals surface area contributed by atoms with Crippen molar-refractivity contribution >= 4 is 31.6 Å². The van der Waals surface area contributed by atoms with Crippen LogP contribution in [0, 0.1) is 18.2 Å². The van der Waals surface area contributed by atoms with Crippen LogP contribution in [0.1, 0.15) is 0 Å². The summed E-state index contributed by atoms with van der Waals surface area (Å²) in [7, 11) is -1.02. The predicted octanol–water partition coefficient (Wildman–Crippen LogP) is 2.78. The van der Waals surface area contributed by atoms with Crippen molar-refractivity contribution in [3.8, 4) is 23.8 Å². The number of halogens is 1. The van der Waals surface area contributed by atoms with Gasteiger partial charge in [-0.1, -0.05) is 17.3 Å². The molecule has 0 unspecified atom stereocenters. The Kier molecular flexibility index (Phi) is 5.21. The van der Waals surface area contributed by atoms with Crippen LogP contribution < -0.4 is 14.3 Å². The maximum atomic E-state index is 13.1. The van der Waals surface area contributed by atoms with E-state index in [1.807, 2.05) is 0 Å². The van der Waals surface area contributed by atoms with Gasteiger partial charge in [0.05, 0.1) is 35.9 Å². The highest BCUT2D eigenvalue weighted by Gasteiger charge is 2.16. The number of sulfonamides is 1. The molecule has 3 aromatic rings. The van der Waals surface area contributed by atoms with E-state index in [2.05, 4.69) is 10.3 Å². The number of methoxy groups -OCH3 is 2. The molecule has 0 spiro atoms. The van der Waals surface area contributed by atoms with Gasteiger partial charge in [-0.25, -0.2) is 4.39 Å². The monoisotopic (exact) mass is 406 g/mol. The molecule has 0 atom stereocenters. The van der Waals surface area contributed by atoms with E-state index in [1.54, 1.807) is 16.7 Å². The van der Waals surface area contributed by atoms with Crippen LogP contribution in [0.4, 0.5) is 4.39 Å². The van der Waals surface area contributed by atoms with Crippen molar-refractivity contribution in [2.45, 2.75) is 11.4 Å². The first kappa shape index (κ1) is 18.9. The Balaban J connectivity index is 2.26. The number of fused-ring (bicyclic) bond motifs is 1. The molecule has 0 saturated heterocycles. The average Bonchev–Trinajstić information content (AvgIpc) is 2.96. The van der Waals surface area contributed by atoms with E-state index in [-0.39, 0.29) is 16.2 Å². The molecule has 0 aliphatic heterocycles. The molecular weight excluding hydrogens is 391 g/mol. The number of rotatable bonds is 5. The van der Waals surface area contributed by atoms with Gasteiger partial charge in [0.25, 0.3) is 10.0 Å². The summed E-state index contributed by atoms with van der Waals surface area (Å²) in [4.78, 5) is 0.0892. The summed E-state index contributed by atoms with van der Waals surface area (Å²) in [6.45, 7) is 0.118. The lowest BCUT2D eigenvalue weighted by Gasteiger charge is -2.08. The predicted molar refractivity (Wildman–Crippen MR) is 101 cm³/mol. The molecule has 3 rings (SSSR count). The van der Waals surface area contributed by atoms with Crippen molar-refractivity contribution in [1.29, 1.82) is 0 Å². The van der Waals surface area contributed by atoms with Gasteiger partial charge >= 0.3 is 0 Å². The van der Waals surface area contributed by atoms with Crippen molar-refractivity contribution in [1.82, 2.24) is 4.57 Å². The summed E-state index contributed by atoms with van der Waals surface area (Å²) in [5, 5.41) is 0. The minimum absolute atomic E-state index is 0.108. The Hall–Kier alpha value is -2.83. The molecule has 0 N–H and O–H groups in total. The molecule has 9 heteroatoms. The summed E-state index contributed by atoms with van der Waals surface area (Å²) in [5.74, 6) is 2.96. The lowest BCUT2D eigenvalue weighted by molar-refractivity contribution is 0.355. The SMILES string of the molecule is C#CCn1/c(=N/S(=O)(=O)c2ccc(F)cc2)sc2cc(OC)c(OC)cc21. The van der Waals surface area contributed by atoms with Crippen LogP contribution in [-0.4, -0.2) is 27.2 Å². The van der Waals surface area contributed by atoms with Gasteiger partial charge in [0.2, 0.25) is 4.80 Å². The second-order valence-electron chi connectivity index (χ2n) is 5.37. The molecule has 0 bridgehead atoms. The van der Waals surface area contributed by atoms with Crippen molar-refractivity contribution in [2.75, 3.05) is 14.2 Å². The van der Waals surface area contributed by atoms with Gasteiger partial charge in [-0.05, 0) is 24.3 Å². The Morgan fingerprint density at radius 1 is 1.19 bits per heavy atom. The molecule has 6 nitrogen and oxygen atoms in total. The lowest BCUT2D eigenvalue weighted by Crippen LogP contribution is -2.16. The van der Waals surface area contributed by atoms with E-state index in [0.29, 0.717) is 17.0 Å². The first-order valence-electron chi connectivity index (χ1n) is 7.65. The van der Waals surface area contributed by atoms with Crippen LogP contribution >= 0.6 is 11.3 Å². The third kappa shape index (κ3) is 3.67. The lowest BCUT2D eigenvalue weighted by atomic mass is 10.3. The fourth-order valence-corrected chi connectivity index (χ4v) is 4.72. The van der Waals surface area contributed by atoms with Gasteiger partial charge in [0, 0.05) is 12.1 Å². The Labute approximate surface area is 159 Å². The Morgan fingerprint density at radius 3 is 2.41 bits per heavy atom. The van der Waals surface area contributed by atoms with E-state index < -0.39 is 15.8 Å². The van der Waals surface area contributed by atoms with Crippen LogP contribution in [0.25, 0.3) is 10.2 Å². The van der Waals surface area contributed by atoms with Crippen molar-refractivity contribution in [3.63, 3.8) is 0 Å². The fraction of sp³-hybridized carbons (Fsp3) is 0.167. The highest BCUT2D eigenvalue weighted by Crippen LogP contribution is 2.33. The van der Waals surface area contributed by atoms with Gasteiger partial charge < -0.3 is 14.0 Å². The second-order valence-corrected chi connectivity index (χ2v) is 7.98. The fourth-order valence-electron chi connectivity index (χ4n) is 2.47. The highest BCUT2D eigenvalue weighted by atomic mass is 32.2.